The van der Waals surface area contributed by atoms with Crippen molar-refractivity contribution in [2.45, 2.75) is 5.41 Å². The highest BCUT2D eigenvalue weighted by Crippen LogP contribution is 2.56. The molecule has 4 aromatic rings. The highest BCUT2D eigenvalue weighted by atomic mass is 19.1. The summed E-state index contributed by atoms with van der Waals surface area (Å²) in [6.45, 7) is 0. The summed E-state index contributed by atoms with van der Waals surface area (Å²) in [5.41, 5.74) is 5.50. The molecule has 0 N–H and O–H groups in total. The maximum Gasteiger partial charge on any atom is 0.128 e. The zero-order valence-electron chi connectivity index (χ0n) is 14.2. The number of halogens is 1. The Labute approximate surface area is 152 Å². The van der Waals surface area contributed by atoms with Crippen molar-refractivity contribution in [3.05, 3.63) is 131 Å². The maximum absolute atomic E-state index is 15.3. The first kappa shape index (κ1) is 15.1. The smallest absolute Gasteiger partial charge is 0.128 e. The van der Waals surface area contributed by atoms with E-state index in [0.29, 0.717) is 0 Å². The number of benzene rings is 4. The van der Waals surface area contributed by atoms with E-state index in [0.717, 1.165) is 33.4 Å². The number of rotatable bonds is 2. The first-order valence-corrected chi connectivity index (χ1v) is 8.83. The van der Waals surface area contributed by atoms with Crippen LogP contribution in [0.4, 0.5) is 4.39 Å². The molecule has 0 atom stereocenters. The summed E-state index contributed by atoms with van der Waals surface area (Å²) in [5, 5.41) is 0. The van der Waals surface area contributed by atoms with E-state index in [9.17, 15) is 0 Å². The van der Waals surface area contributed by atoms with Crippen molar-refractivity contribution in [1.82, 2.24) is 0 Å². The average Bonchev–Trinajstić information content (AvgIpc) is 3.02. The van der Waals surface area contributed by atoms with E-state index in [1.807, 2.05) is 54.6 Å². The zero-order chi connectivity index (χ0) is 17.6. The molecule has 5 rings (SSSR count). The van der Waals surface area contributed by atoms with E-state index >= 15 is 4.39 Å². The number of fused-ring (bicyclic) bond motifs is 3. The van der Waals surface area contributed by atoms with Crippen molar-refractivity contribution < 1.29 is 4.39 Å². The lowest BCUT2D eigenvalue weighted by molar-refractivity contribution is 0.588. The van der Waals surface area contributed by atoms with Crippen LogP contribution in [0.5, 0.6) is 0 Å². The molecule has 0 bridgehead atoms. The molecule has 0 heterocycles. The molecule has 1 aliphatic rings. The van der Waals surface area contributed by atoms with Crippen molar-refractivity contribution in [3.63, 3.8) is 0 Å². The summed E-state index contributed by atoms with van der Waals surface area (Å²) < 4.78 is 15.3. The number of hydrogen-bond acceptors (Lipinski definition) is 0. The lowest BCUT2D eigenvalue weighted by Crippen LogP contribution is -2.29. The Morgan fingerprint density at radius 1 is 0.500 bits per heavy atom. The van der Waals surface area contributed by atoms with Gasteiger partial charge in [0.1, 0.15) is 5.82 Å². The molecule has 0 saturated heterocycles. The molecule has 4 aromatic carbocycles. The summed E-state index contributed by atoms with van der Waals surface area (Å²) >= 11 is 0. The van der Waals surface area contributed by atoms with Crippen LogP contribution >= 0.6 is 0 Å². The second kappa shape index (κ2) is 5.67. The summed E-state index contributed by atoms with van der Waals surface area (Å²) in [5.74, 6) is -0.161. The molecule has 0 aromatic heterocycles. The van der Waals surface area contributed by atoms with Gasteiger partial charge in [0, 0.05) is 5.56 Å². The zero-order valence-corrected chi connectivity index (χ0v) is 14.2. The van der Waals surface area contributed by atoms with Crippen molar-refractivity contribution in [1.29, 1.82) is 0 Å². The van der Waals surface area contributed by atoms with Crippen molar-refractivity contribution in [2.24, 2.45) is 0 Å². The van der Waals surface area contributed by atoms with Gasteiger partial charge in [-0.05, 0) is 33.9 Å². The molecule has 0 spiro atoms. The van der Waals surface area contributed by atoms with E-state index in [1.54, 1.807) is 12.1 Å². The molecule has 0 nitrogen and oxygen atoms in total. The minimum absolute atomic E-state index is 0.161. The van der Waals surface area contributed by atoms with E-state index in [2.05, 4.69) is 36.4 Å². The van der Waals surface area contributed by atoms with Gasteiger partial charge in [-0.2, -0.15) is 0 Å². The quantitative estimate of drug-likeness (QED) is 0.360. The molecular weight excluding hydrogens is 319 g/mol. The highest BCUT2D eigenvalue weighted by molar-refractivity contribution is 5.86. The van der Waals surface area contributed by atoms with Crippen LogP contribution in [0, 0.1) is 5.82 Å². The van der Waals surface area contributed by atoms with Gasteiger partial charge in [-0.1, -0.05) is 97.1 Å². The van der Waals surface area contributed by atoms with E-state index < -0.39 is 5.41 Å². The molecule has 0 radical (unpaired) electrons. The van der Waals surface area contributed by atoms with Crippen LogP contribution in [0.15, 0.2) is 103 Å². The Morgan fingerprint density at radius 3 is 1.69 bits per heavy atom. The first-order chi connectivity index (χ1) is 12.8. The SMILES string of the molecule is Fc1cccc2c1C(c1ccccc1)(c1ccccc1)c1ccccc1-2. The van der Waals surface area contributed by atoms with Crippen LogP contribution in [0.2, 0.25) is 0 Å². The predicted octanol–water partition coefficient (Wildman–Crippen LogP) is 6.19. The molecule has 0 amide bonds. The van der Waals surface area contributed by atoms with Gasteiger partial charge in [0.25, 0.3) is 0 Å². The summed E-state index contributed by atoms with van der Waals surface area (Å²) in [6.07, 6.45) is 0. The fourth-order valence-electron chi connectivity index (χ4n) is 4.45. The van der Waals surface area contributed by atoms with E-state index in [-0.39, 0.29) is 5.82 Å². The molecular formula is C25H17F. The monoisotopic (exact) mass is 336 g/mol. The summed E-state index contributed by atoms with van der Waals surface area (Å²) in [7, 11) is 0. The van der Waals surface area contributed by atoms with Crippen molar-refractivity contribution >= 4 is 0 Å². The Kier molecular flexibility index (Phi) is 3.29. The Morgan fingerprint density at radius 2 is 1.04 bits per heavy atom. The maximum atomic E-state index is 15.3. The predicted molar refractivity (Wildman–Crippen MR) is 104 cm³/mol. The van der Waals surface area contributed by atoms with Crippen LogP contribution in [0.25, 0.3) is 11.1 Å². The second-order valence-electron chi connectivity index (χ2n) is 6.69. The minimum atomic E-state index is -0.639. The summed E-state index contributed by atoms with van der Waals surface area (Å²) in [4.78, 5) is 0. The lowest BCUT2D eigenvalue weighted by Gasteiger charge is -2.33. The van der Waals surface area contributed by atoms with Gasteiger partial charge < -0.3 is 0 Å². The standard InChI is InChI=1S/C25H17F/c26-23-17-9-15-21-20-14-7-8-16-22(20)25(24(21)23,18-10-3-1-4-11-18)19-12-5-2-6-13-19/h1-17H. The van der Waals surface area contributed by atoms with Gasteiger partial charge in [-0.3, -0.25) is 0 Å². The van der Waals surface area contributed by atoms with Crippen LogP contribution in [0.1, 0.15) is 22.3 Å². The third kappa shape index (κ3) is 1.89. The Hall–Kier alpha value is -3.19. The second-order valence-corrected chi connectivity index (χ2v) is 6.69. The molecule has 0 aliphatic heterocycles. The minimum Gasteiger partial charge on any atom is -0.207 e. The normalized spacial score (nSPS) is 13.9. The average molecular weight is 336 g/mol. The third-order valence-corrected chi connectivity index (χ3v) is 5.42. The van der Waals surface area contributed by atoms with Crippen LogP contribution in [0.3, 0.4) is 0 Å². The molecule has 26 heavy (non-hydrogen) atoms. The van der Waals surface area contributed by atoms with E-state index in [1.165, 1.54) is 0 Å². The largest absolute Gasteiger partial charge is 0.207 e. The fraction of sp³-hybridized carbons (Fsp3) is 0.0400. The molecule has 124 valence electrons. The van der Waals surface area contributed by atoms with Crippen molar-refractivity contribution in [3.8, 4) is 11.1 Å². The molecule has 0 saturated carbocycles. The lowest BCUT2D eigenvalue weighted by atomic mass is 9.67. The van der Waals surface area contributed by atoms with Crippen LogP contribution < -0.4 is 0 Å². The van der Waals surface area contributed by atoms with E-state index in [4.69, 9.17) is 0 Å². The van der Waals surface area contributed by atoms with Crippen LogP contribution in [-0.2, 0) is 5.41 Å². The Balaban J connectivity index is 2.01. The van der Waals surface area contributed by atoms with Gasteiger partial charge in [0.05, 0.1) is 5.41 Å². The molecule has 0 unspecified atom stereocenters. The number of hydrogen-bond donors (Lipinski definition) is 0. The van der Waals surface area contributed by atoms with Gasteiger partial charge in [0.15, 0.2) is 0 Å². The summed E-state index contributed by atoms with van der Waals surface area (Å²) in [6, 6.07) is 34.3. The molecule has 0 fully saturated rings. The van der Waals surface area contributed by atoms with Gasteiger partial charge in [0.2, 0.25) is 0 Å². The van der Waals surface area contributed by atoms with Crippen LogP contribution in [-0.4, -0.2) is 0 Å². The topological polar surface area (TPSA) is 0 Å². The van der Waals surface area contributed by atoms with Gasteiger partial charge >= 0.3 is 0 Å². The molecule has 1 heteroatoms. The van der Waals surface area contributed by atoms with Crippen molar-refractivity contribution in [2.75, 3.05) is 0 Å². The Bertz CT molecular complexity index is 1040. The third-order valence-electron chi connectivity index (χ3n) is 5.42. The fourth-order valence-corrected chi connectivity index (χ4v) is 4.45. The highest BCUT2D eigenvalue weighted by Gasteiger charge is 2.47. The first-order valence-electron chi connectivity index (χ1n) is 8.83. The molecule has 1 aliphatic carbocycles. The van der Waals surface area contributed by atoms with Gasteiger partial charge in [-0.15, -0.1) is 0 Å². The van der Waals surface area contributed by atoms with Gasteiger partial charge in [-0.25, -0.2) is 4.39 Å².